The Balaban J connectivity index is 1.95. The highest BCUT2D eigenvalue weighted by Crippen LogP contribution is 2.38. The Morgan fingerprint density at radius 3 is 2.22 bits per heavy atom. The molecule has 4 nitrogen and oxygen atoms in total. The third-order valence-electron chi connectivity index (χ3n) is 3.38. The van der Waals surface area contributed by atoms with Crippen LogP contribution < -0.4 is 5.32 Å². The van der Waals surface area contributed by atoms with Crippen LogP contribution >= 0.6 is 11.3 Å². The number of amides is 1. The lowest BCUT2D eigenvalue weighted by atomic mass is 10.1. The van der Waals surface area contributed by atoms with Gasteiger partial charge >= 0.3 is 6.18 Å². The van der Waals surface area contributed by atoms with E-state index in [0.717, 1.165) is 0 Å². The van der Waals surface area contributed by atoms with Crippen LogP contribution in [0.5, 0.6) is 0 Å². The summed E-state index contributed by atoms with van der Waals surface area (Å²) in [5.41, 5.74) is -4.45. The van der Waals surface area contributed by atoms with Gasteiger partial charge in [-0.05, 0) is 17.5 Å². The molecule has 2 aromatic heterocycles. The number of carbonyl (C=O) groups excluding carboxylic acids is 1. The Morgan fingerprint density at radius 1 is 1.07 bits per heavy atom. The third kappa shape index (κ3) is 3.39. The lowest BCUT2D eigenvalue weighted by Gasteiger charge is -2.14. The van der Waals surface area contributed by atoms with Crippen LogP contribution in [0.25, 0.3) is 10.6 Å². The summed E-state index contributed by atoms with van der Waals surface area (Å²) in [6.45, 7) is 0. The second kappa shape index (κ2) is 6.68. The molecule has 3 aromatic rings. The van der Waals surface area contributed by atoms with Crippen molar-refractivity contribution in [3.05, 3.63) is 58.1 Å². The minimum absolute atomic E-state index is 0.376. The molecule has 0 radical (unpaired) electrons. The van der Waals surface area contributed by atoms with Gasteiger partial charge in [0.1, 0.15) is 11.3 Å². The fourth-order valence-electron chi connectivity index (χ4n) is 2.16. The summed E-state index contributed by atoms with van der Waals surface area (Å²) in [5.74, 6) is -11.4. The molecule has 1 aromatic carbocycles. The van der Waals surface area contributed by atoms with Gasteiger partial charge in [-0.15, -0.1) is 11.3 Å². The molecule has 0 aliphatic carbocycles. The van der Waals surface area contributed by atoms with Crippen molar-refractivity contribution in [2.75, 3.05) is 5.32 Å². The Bertz CT molecular complexity index is 982. The summed E-state index contributed by atoms with van der Waals surface area (Å²) in [6, 6.07) is 4.58. The Kier molecular flexibility index (Phi) is 4.68. The van der Waals surface area contributed by atoms with Gasteiger partial charge in [0.2, 0.25) is 0 Å². The SMILES string of the molecule is O=C(Nc1c(F)c(F)c(C(F)(F)F)c(F)c1F)c1cc(-c2cccs2)[nH]n1. The quantitative estimate of drug-likeness (QED) is 0.474. The number of nitrogens with one attached hydrogen (secondary N) is 2. The summed E-state index contributed by atoms with van der Waals surface area (Å²) in [4.78, 5) is 12.7. The Hall–Kier alpha value is -2.89. The number of carbonyl (C=O) groups is 1. The van der Waals surface area contributed by atoms with Gasteiger partial charge in [0.15, 0.2) is 29.0 Å². The number of rotatable bonds is 3. The predicted octanol–water partition coefficient (Wildman–Crippen LogP) is 4.97. The van der Waals surface area contributed by atoms with Crippen molar-refractivity contribution < 1.29 is 35.5 Å². The Labute approximate surface area is 149 Å². The first kappa shape index (κ1) is 18.9. The van der Waals surface area contributed by atoms with E-state index in [4.69, 9.17) is 0 Å². The first-order valence-corrected chi connectivity index (χ1v) is 7.83. The van der Waals surface area contributed by atoms with Crippen LogP contribution in [-0.2, 0) is 6.18 Å². The molecule has 1 amide bonds. The van der Waals surface area contributed by atoms with Gasteiger partial charge in [-0.2, -0.15) is 18.3 Å². The molecule has 0 atom stereocenters. The molecule has 0 saturated heterocycles. The zero-order valence-corrected chi connectivity index (χ0v) is 13.5. The summed E-state index contributed by atoms with van der Waals surface area (Å²) in [5, 5.41) is 9.29. The number of hydrogen-bond acceptors (Lipinski definition) is 3. The number of aromatic nitrogens is 2. The average molecular weight is 409 g/mol. The second-order valence-corrected chi connectivity index (χ2v) is 6.05. The fourth-order valence-corrected chi connectivity index (χ4v) is 2.86. The largest absolute Gasteiger partial charge is 0.422 e. The number of anilines is 1. The number of H-pyrrole nitrogens is 1. The Morgan fingerprint density at radius 2 is 1.70 bits per heavy atom. The highest BCUT2D eigenvalue weighted by molar-refractivity contribution is 7.13. The topological polar surface area (TPSA) is 57.8 Å². The molecule has 0 aliphatic rings. The maximum Gasteiger partial charge on any atom is 0.422 e. The van der Waals surface area contributed by atoms with Crippen LogP contribution in [0.4, 0.5) is 36.4 Å². The van der Waals surface area contributed by atoms with E-state index in [9.17, 15) is 35.5 Å². The number of benzene rings is 1. The van der Waals surface area contributed by atoms with Crippen LogP contribution in [0, 0.1) is 23.3 Å². The molecule has 3 rings (SSSR count). The average Bonchev–Trinajstić information content (AvgIpc) is 3.26. The molecule has 27 heavy (non-hydrogen) atoms. The number of alkyl halides is 3. The lowest BCUT2D eigenvalue weighted by Crippen LogP contribution is -2.20. The smallest absolute Gasteiger partial charge is 0.315 e. The van der Waals surface area contributed by atoms with Gasteiger partial charge in [-0.25, -0.2) is 17.6 Å². The van der Waals surface area contributed by atoms with Gasteiger partial charge in [-0.3, -0.25) is 9.89 Å². The number of aromatic amines is 1. The molecule has 0 bridgehead atoms. The van der Waals surface area contributed by atoms with Crippen LogP contribution in [0.2, 0.25) is 0 Å². The molecular weight excluding hydrogens is 403 g/mol. The highest BCUT2D eigenvalue weighted by atomic mass is 32.1. The predicted molar refractivity (Wildman–Crippen MR) is 81.1 cm³/mol. The zero-order chi connectivity index (χ0) is 19.9. The minimum Gasteiger partial charge on any atom is -0.315 e. The molecule has 0 aliphatic heterocycles. The van der Waals surface area contributed by atoms with Crippen LogP contribution in [0.1, 0.15) is 16.1 Å². The van der Waals surface area contributed by atoms with Crippen molar-refractivity contribution in [1.29, 1.82) is 0 Å². The minimum atomic E-state index is -5.67. The molecular formula is C15H6F7N3OS. The van der Waals surface area contributed by atoms with E-state index in [2.05, 4.69) is 10.2 Å². The molecule has 142 valence electrons. The van der Waals surface area contributed by atoms with E-state index < -0.39 is 52.3 Å². The fraction of sp³-hybridized carbons (Fsp3) is 0.0667. The lowest BCUT2D eigenvalue weighted by molar-refractivity contribution is -0.143. The molecule has 12 heteroatoms. The summed E-state index contributed by atoms with van der Waals surface area (Å²) >= 11 is 1.29. The molecule has 0 spiro atoms. The van der Waals surface area contributed by atoms with Crippen molar-refractivity contribution in [3.8, 4) is 10.6 Å². The highest BCUT2D eigenvalue weighted by Gasteiger charge is 2.42. The van der Waals surface area contributed by atoms with Crippen molar-refractivity contribution >= 4 is 22.9 Å². The van der Waals surface area contributed by atoms with Crippen molar-refractivity contribution in [3.63, 3.8) is 0 Å². The number of halogens is 7. The van der Waals surface area contributed by atoms with E-state index in [0.29, 0.717) is 10.6 Å². The number of nitrogens with zero attached hydrogens (tertiary/aromatic N) is 1. The standard InChI is InChI=1S/C15H6F7N3OS/c16-9-8(15(20,21)22)10(17)12(19)13(11(9)18)23-14(26)6-4-5(24-25-6)7-2-1-3-27-7/h1-4H,(H,23,26)(H,24,25). The van der Waals surface area contributed by atoms with Crippen molar-refractivity contribution in [1.82, 2.24) is 10.2 Å². The van der Waals surface area contributed by atoms with Crippen LogP contribution in [0.3, 0.4) is 0 Å². The molecule has 0 fully saturated rings. The van der Waals surface area contributed by atoms with Gasteiger partial charge < -0.3 is 5.32 Å². The molecule has 0 saturated carbocycles. The van der Waals surface area contributed by atoms with Crippen LogP contribution in [0.15, 0.2) is 23.6 Å². The maximum atomic E-state index is 13.8. The number of hydrogen-bond donors (Lipinski definition) is 2. The van der Waals surface area contributed by atoms with Gasteiger partial charge in [-0.1, -0.05) is 6.07 Å². The summed E-state index contributed by atoms with van der Waals surface area (Å²) in [6.07, 6.45) is -5.67. The van der Waals surface area contributed by atoms with E-state index in [1.165, 1.54) is 22.7 Å². The first-order chi connectivity index (χ1) is 12.6. The van der Waals surface area contributed by atoms with Crippen molar-refractivity contribution in [2.24, 2.45) is 0 Å². The first-order valence-electron chi connectivity index (χ1n) is 6.95. The summed E-state index contributed by atoms with van der Waals surface area (Å²) < 4.78 is 92.4. The van der Waals surface area contributed by atoms with E-state index in [1.807, 2.05) is 0 Å². The van der Waals surface area contributed by atoms with Gasteiger partial charge in [0.05, 0.1) is 10.6 Å². The third-order valence-corrected chi connectivity index (χ3v) is 4.29. The van der Waals surface area contributed by atoms with Crippen LogP contribution in [-0.4, -0.2) is 16.1 Å². The normalized spacial score (nSPS) is 11.7. The van der Waals surface area contributed by atoms with E-state index in [-0.39, 0.29) is 0 Å². The van der Waals surface area contributed by atoms with Crippen molar-refractivity contribution in [2.45, 2.75) is 6.18 Å². The zero-order valence-electron chi connectivity index (χ0n) is 12.7. The van der Waals surface area contributed by atoms with Gasteiger partial charge in [0.25, 0.3) is 5.91 Å². The van der Waals surface area contributed by atoms with Gasteiger partial charge in [0, 0.05) is 0 Å². The summed E-state index contributed by atoms with van der Waals surface area (Å²) in [7, 11) is 0. The maximum absolute atomic E-state index is 13.8. The number of thiophene rings is 1. The van der Waals surface area contributed by atoms with E-state index >= 15 is 0 Å². The monoisotopic (exact) mass is 409 g/mol. The molecule has 2 heterocycles. The second-order valence-electron chi connectivity index (χ2n) is 5.10. The molecule has 2 N–H and O–H groups in total. The van der Waals surface area contributed by atoms with E-state index in [1.54, 1.807) is 17.5 Å². The molecule has 0 unspecified atom stereocenters.